The van der Waals surface area contributed by atoms with Gasteiger partial charge in [-0.1, -0.05) is 59.9 Å². The number of carbonyl (C=O) groups is 1. The number of halogens is 5. The highest BCUT2D eigenvalue weighted by Crippen LogP contribution is 2.47. The quantitative estimate of drug-likeness (QED) is 0.194. The van der Waals surface area contributed by atoms with Crippen LogP contribution < -0.4 is 15.5 Å². The molecule has 0 saturated carbocycles. The molecule has 1 saturated heterocycles. The number of amidine groups is 1. The summed E-state index contributed by atoms with van der Waals surface area (Å²) in [7, 11) is 0. The molecule has 2 aliphatic heterocycles. The molecule has 1 atom stereocenters. The molecule has 0 aliphatic carbocycles. The Hall–Kier alpha value is -4.44. The molecule has 3 heterocycles. The van der Waals surface area contributed by atoms with E-state index in [1.54, 1.807) is 54.6 Å². The van der Waals surface area contributed by atoms with Crippen molar-refractivity contribution in [2.45, 2.75) is 18.3 Å². The van der Waals surface area contributed by atoms with Crippen LogP contribution in [0, 0.1) is 10.8 Å². The van der Waals surface area contributed by atoms with Crippen molar-refractivity contribution in [3.05, 3.63) is 76.4 Å². The number of rotatable bonds is 5. The molecule has 0 spiro atoms. The molecule has 5 rings (SSSR count). The maximum atomic E-state index is 14.2. The fourth-order valence-electron chi connectivity index (χ4n) is 4.18. The van der Waals surface area contributed by atoms with E-state index in [1.165, 1.54) is 4.90 Å². The van der Waals surface area contributed by atoms with E-state index in [9.17, 15) is 26.7 Å². The van der Waals surface area contributed by atoms with E-state index < -0.39 is 46.8 Å². The lowest BCUT2D eigenvalue weighted by molar-refractivity contribution is -0.289. The zero-order valence-corrected chi connectivity index (χ0v) is 22.3. The van der Waals surface area contributed by atoms with Crippen LogP contribution in [0.2, 0.25) is 0 Å². The minimum Gasteiger partial charge on any atom is -0.405 e. The van der Waals surface area contributed by atoms with Gasteiger partial charge in [0.25, 0.3) is 11.9 Å². The van der Waals surface area contributed by atoms with Crippen LogP contribution >= 0.6 is 11.3 Å². The van der Waals surface area contributed by atoms with Gasteiger partial charge in [-0.2, -0.15) is 22.0 Å². The molecule has 0 unspecified atom stereocenters. The van der Waals surface area contributed by atoms with Crippen LogP contribution in [-0.2, 0) is 20.2 Å². The Morgan fingerprint density at radius 3 is 2.40 bits per heavy atom. The maximum Gasteiger partial charge on any atom is 0.460 e. The molecule has 220 valence electrons. The van der Waals surface area contributed by atoms with E-state index in [1.807, 2.05) is 0 Å². The second-order valence-electron chi connectivity index (χ2n) is 9.03. The summed E-state index contributed by atoms with van der Waals surface area (Å²) in [6.07, 6.45) is -7.34. The number of benzene rings is 2. The monoisotopic (exact) mass is 607 g/mol. The van der Waals surface area contributed by atoms with Gasteiger partial charge in [0.05, 0.1) is 24.6 Å². The first kappa shape index (κ1) is 29.1. The number of hydrogen-bond donors (Lipinski definition) is 4. The lowest BCUT2D eigenvalue weighted by Gasteiger charge is -2.28. The summed E-state index contributed by atoms with van der Waals surface area (Å²) in [5.74, 6) is -6.92. The molecular formula is C26H22F5N7O3S. The van der Waals surface area contributed by atoms with Gasteiger partial charge in [0.2, 0.25) is 12.1 Å². The molecule has 1 amide bonds. The van der Waals surface area contributed by atoms with E-state index in [4.69, 9.17) is 20.3 Å². The van der Waals surface area contributed by atoms with Gasteiger partial charge in [0, 0.05) is 24.2 Å². The molecular weight excluding hydrogens is 585 g/mol. The van der Waals surface area contributed by atoms with E-state index in [-0.39, 0.29) is 42.6 Å². The minimum absolute atomic E-state index is 0.0765. The van der Waals surface area contributed by atoms with Gasteiger partial charge in [-0.15, -0.1) is 0 Å². The number of aliphatic imine (C=N–C) groups is 1. The third-order valence-corrected chi connectivity index (χ3v) is 7.40. The predicted octanol–water partition coefficient (Wildman–Crippen LogP) is 4.32. The second-order valence-corrected chi connectivity index (χ2v) is 10.0. The van der Waals surface area contributed by atoms with Crippen LogP contribution in [-0.4, -0.2) is 67.2 Å². The molecule has 2 aromatic carbocycles. The summed E-state index contributed by atoms with van der Waals surface area (Å²) in [4.78, 5) is 22.4. The first-order valence-corrected chi connectivity index (χ1v) is 13.2. The average molecular weight is 608 g/mol. The molecule has 10 nitrogen and oxygen atoms in total. The largest absolute Gasteiger partial charge is 0.460 e. The van der Waals surface area contributed by atoms with Crippen LogP contribution in [0.5, 0.6) is 0 Å². The Kier molecular flexibility index (Phi) is 7.92. The molecule has 0 radical (unpaired) electrons. The lowest BCUT2D eigenvalue weighted by Crippen LogP contribution is -2.43. The number of amides is 1. The van der Waals surface area contributed by atoms with Crippen molar-refractivity contribution in [1.82, 2.24) is 10.3 Å². The smallest absolute Gasteiger partial charge is 0.405 e. The summed E-state index contributed by atoms with van der Waals surface area (Å²) in [5, 5.41) is 19.9. The van der Waals surface area contributed by atoms with E-state index in [0.717, 1.165) is 0 Å². The van der Waals surface area contributed by atoms with Gasteiger partial charge in [-0.05, 0) is 6.07 Å². The number of thiazole rings is 1. The van der Waals surface area contributed by atoms with E-state index >= 15 is 0 Å². The normalized spacial score (nSPS) is 17.5. The first-order valence-electron chi connectivity index (χ1n) is 12.4. The number of benzodiazepines with no additional fused rings is 1. The molecule has 4 N–H and O–H groups in total. The summed E-state index contributed by atoms with van der Waals surface area (Å²) < 4.78 is 78.0. The van der Waals surface area contributed by atoms with Crippen LogP contribution in [0.4, 0.5) is 32.6 Å². The molecule has 1 fully saturated rings. The topological polar surface area (TPSA) is 136 Å². The Labute approximate surface area is 239 Å². The van der Waals surface area contributed by atoms with Crippen molar-refractivity contribution in [2.75, 3.05) is 36.5 Å². The average Bonchev–Trinajstić information content (AvgIpc) is 3.37. The Balaban J connectivity index is 1.41. The fourth-order valence-corrected chi connectivity index (χ4v) is 5.29. The number of ether oxygens (including phenoxy) is 2. The number of nitrogens with one attached hydrogen (secondary N) is 4. The first-order chi connectivity index (χ1) is 20.0. The number of anilines is 2. The van der Waals surface area contributed by atoms with Crippen molar-refractivity contribution < 1.29 is 36.2 Å². The van der Waals surface area contributed by atoms with Gasteiger partial charge in [-0.3, -0.25) is 15.6 Å². The number of fused-ring (bicyclic) bond motifs is 1. The number of aromatic nitrogens is 1. The van der Waals surface area contributed by atoms with E-state index in [0.29, 0.717) is 22.5 Å². The Morgan fingerprint density at radius 1 is 1.05 bits per heavy atom. The number of para-hydroxylation sites is 1. The predicted molar refractivity (Wildman–Crippen MR) is 145 cm³/mol. The Bertz CT molecular complexity index is 1540. The van der Waals surface area contributed by atoms with Crippen molar-refractivity contribution in [1.29, 1.82) is 10.8 Å². The zero-order chi connectivity index (χ0) is 30.1. The summed E-state index contributed by atoms with van der Waals surface area (Å²) in [6.45, 7) is 0.646. The van der Waals surface area contributed by atoms with Gasteiger partial charge >= 0.3 is 12.1 Å². The van der Waals surface area contributed by atoms with Gasteiger partial charge < -0.3 is 25.0 Å². The lowest BCUT2D eigenvalue weighted by atomic mass is 10.0. The number of hydrogen-bond acceptors (Lipinski definition) is 9. The highest BCUT2D eigenvalue weighted by atomic mass is 32.1. The molecule has 42 heavy (non-hydrogen) atoms. The number of alkyl halides is 5. The molecule has 3 aromatic rings. The van der Waals surface area contributed by atoms with Gasteiger partial charge in [0.1, 0.15) is 5.00 Å². The number of morpholine rings is 1. The van der Waals surface area contributed by atoms with Crippen LogP contribution in [0.3, 0.4) is 0 Å². The molecule has 1 aromatic heterocycles. The third kappa shape index (κ3) is 5.80. The van der Waals surface area contributed by atoms with Crippen LogP contribution in [0.15, 0.2) is 59.6 Å². The summed E-state index contributed by atoms with van der Waals surface area (Å²) in [5.41, 5.74) is 1.54. The number of carbonyl (C=O) groups excluding carboxylic acids is 1. The maximum absolute atomic E-state index is 14.2. The SMILES string of the molecule is N=C(N[C@H]1N=C(c2ccccc2)c2ccccc2NC1=O)OC(=N)c1nc(C(F)(F)C(F)(F)F)sc1N1CCOCC1. The molecule has 2 aliphatic rings. The fraction of sp³-hybridized carbons (Fsp3) is 0.269. The second kappa shape index (κ2) is 11.4. The van der Waals surface area contributed by atoms with Crippen molar-refractivity contribution in [3.63, 3.8) is 0 Å². The van der Waals surface area contributed by atoms with Crippen molar-refractivity contribution >= 4 is 45.6 Å². The highest BCUT2D eigenvalue weighted by molar-refractivity contribution is 7.16. The van der Waals surface area contributed by atoms with Gasteiger partial charge in [-0.25, -0.2) is 9.98 Å². The van der Waals surface area contributed by atoms with Crippen LogP contribution in [0.1, 0.15) is 21.8 Å². The summed E-state index contributed by atoms with van der Waals surface area (Å²) in [6, 6.07) is 15.0. The third-order valence-electron chi connectivity index (χ3n) is 6.21. The summed E-state index contributed by atoms with van der Waals surface area (Å²) >= 11 is 0.0765. The van der Waals surface area contributed by atoms with Crippen molar-refractivity contribution in [2.24, 2.45) is 4.99 Å². The number of nitrogens with zero attached hydrogens (tertiary/aromatic N) is 3. The van der Waals surface area contributed by atoms with Crippen molar-refractivity contribution in [3.8, 4) is 0 Å². The van der Waals surface area contributed by atoms with Gasteiger partial charge in [0.15, 0.2) is 10.7 Å². The molecule has 16 heteroatoms. The van der Waals surface area contributed by atoms with E-state index in [2.05, 4.69) is 20.6 Å². The standard InChI is InChI=1S/C26H22F5N7O3S/c27-25(28,26(29,30)31)23-36-18(22(42-23)38-10-12-40-13-11-38)19(32)41-24(33)37-20-21(39)34-16-9-5-4-8-15(16)17(35-20)14-6-2-1-3-7-14/h1-9,20,32H,10-13H2,(H2,33,37)(H,34,39)/t20-/m1/s1. The zero-order valence-electron chi connectivity index (χ0n) is 21.5. The minimum atomic E-state index is -5.92. The van der Waals surface area contributed by atoms with Crippen LogP contribution in [0.25, 0.3) is 0 Å². The highest BCUT2D eigenvalue weighted by Gasteiger charge is 2.61. The molecule has 0 bridgehead atoms. The Morgan fingerprint density at radius 2 is 1.71 bits per heavy atom.